The third-order valence-corrected chi connectivity index (χ3v) is 5.87. The van der Waals surface area contributed by atoms with Gasteiger partial charge in [0.1, 0.15) is 0 Å². The Kier molecular flexibility index (Phi) is 5.06. The average Bonchev–Trinajstić information content (AvgIpc) is 2.42. The molecule has 0 saturated carbocycles. The molecule has 5 nitrogen and oxygen atoms in total. The molecule has 0 spiro atoms. The van der Waals surface area contributed by atoms with Gasteiger partial charge in [0.15, 0.2) is 0 Å². The van der Waals surface area contributed by atoms with E-state index < -0.39 is 10.0 Å². The molecule has 1 aliphatic rings. The van der Waals surface area contributed by atoms with Gasteiger partial charge in [0.25, 0.3) is 0 Å². The summed E-state index contributed by atoms with van der Waals surface area (Å²) in [4.78, 5) is 0.192. The third kappa shape index (κ3) is 3.72. The molecule has 0 amide bonds. The van der Waals surface area contributed by atoms with E-state index in [0.717, 1.165) is 12.8 Å². The summed E-state index contributed by atoms with van der Waals surface area (Å²) in [6, 6.07) is 4.53. The van der Waals surface area contributed by atoms with Gasteiger partial charge in [-0.05, 0) is 59.8 Å². The van der Waals surface area contributed by atoms with Crippen molar-refractivity contribution < 1.29 is 13.2 Å². The minimum atomic E-state index is -3.54. The Balaban J connectivity index is 2.11. The van der Waals surface area contributed by atoms with E-state index in [9.17, 15) is 8.42 Å². The minimum Gasteiger partial charge on any atom is -0.398 e. The highest BCUT2D eigenvalue weighted by molar-refractivity contribution is 9.10. The van der Waals surface area contributed by atoms with Crippen LogP contribution in [0.15, 0.2) is 27.6 Å². The molecule has 20 heavy (non-hydrogen) atoms. The predicted octanol–water partition coefficient (Wildman–Crippen LogP) is 2.12. The molecular weight excluding hydrogens is 344 g/mol. The second-order valence-corrected chi connectivity index (χ2v) is 7.61. The van der Waals surface area contributed by atoms with Crippen LogP contribution in [0.3, 0.4) is 0 Å². The molecule has 1 unspecified atom stereocenters. The lowest BCUT2D eigenvalue weighted by Gasteiger charge is -2.28. The minimum absolute atomic E-state index is 0.117. The summed E-state index contributed by atoms with van der Waals surface area (Å²) in [5.41, 5.74) is 6.14. The summed E-state index contributed by atoms with van der Waals surface area (Å²) in [6.45, 7) is 3.29. The zero-order valence-corrected chi connectivity index (χ0v) is 13.7. The number of rotatable bonds is 4. The molecule has 1 aliphatic heterocycles. The second-order valence-electron chi connectivity index (χ2n) is 5.04. The monoisotopic (exact) mass is 362 g/mol. The zero-order valence-electron chi connectivity index (χ0n) is 11.3. The molecule has 1 atom stereocenters. The smallest absolute Gasteiger partial charge is 0.240 e. The fourth-order valence-corrected chi connectivity index (χ4v) is 3.91. The predicted molar refractivity (Wildman–Crippen MR) is 81.9 cm³/mol. The fourth-order valence-electron chi connectivity index (χ4n) is 2.31. The van der Waals surface area contributed by atoms with E-state index in [4.69, 9.17) is 10.5 Å². The molecule has 2 rings (SSSR count). The van der Waals surface area contributed by atoms with Crippen molar-refractivity contribution in [3.05, 3.63) is 22.7 Å². The van der Waals surface area contributed by atoms with E-state index in [2.05, 4.69) is 20.7 Å². The van der Waals surface area contributed by atoms with Crippen LogP contribution in [0.1, 0.15) is 19.8 Å². The Bertz CT molecular complexity index is 571. The van der Waals surface area contributed by atoms with Gasteiger partial charge in [-0.15, -0.1) is 0 Å². The molecule has 0 radical (unpaired) electrons. The zero-order chi connectivity index (χ0) is 14.8. The molecule has 3 N–H and O–H groups in total. The number of hydrogen-bond acceptors (Lipinski definition) is 4. The molecule has 7 heteroatoms. The van der Waals surface area contributed by atoms with E-state index in [1.165, 1.54) is 6.07 Å². The normalized spacial score (nSPS) is 18.9. The number of sulfonamides is 1. The average molecular weight is 363 g/mol. The lowest BCUT2D eigenvalue weighted by molar-refractivity contribution is 0.0585. The molecule has 0 aliphatic carbocycles. The van der Waals surface area contributed by atoms with Gasteiger partial charge in [-0.2, -0.15) is 0 Å². The molecule has 1 fully saturated rings. The van der Waals surface area contributed by atoms with E-state index >= 15 is 0 Å². The van der Waals surface area contributed by atoms with Crippen LogP contribution in [0.4, 0.5) is 5.69 Å². The van der Waals surface area contributed by atoms with E-state index in [1.807, 2.05) is 6.92 Å². The van der Waals surface area contributed by atoms with Gasteiger partial charge < -0.3 is 10.5 Å². The van der Waals surface area contributed by atoms with Crippen molar-refractivity contribution in [3.63, 3.8) is 0 Å². The maximum absolute atomic E-state index is 12.3. The van der Waals surface area contributed by atoms with Gasteiger partial charge >= 0.3 is 0 Å². The van der Waals surface area contributed by atoms with Crippen molar-refractivity contribution >= 4 is 31.6 Å². The summed E-state index contributed by atoms with van der Waals surface area (Å²) in [6.07, 6.45) is 1.76. The molecule has 1 aromatic carbocycles. The number of hydrogen-bond donors (Lipinski definition) is 2. The highest BCUT2D eigenvalue weighted by atomic mass is 79.9. The summed E-state index contributed by atoms with van der Waals surface area (Å²) >= 11 is 3.26. The van der Waals surface area contributed by atoms with Crippen LogP contribution >= 0.6 is 15.9 Å². The SMILES string of the molecule is CC(NS(=O)(=O)c1ccc(Br)c(N)c1)C1CCOCC1. The van der Waals surface area contributed by atoms with E-state index in [-0.39, 0.29) is 10.9 Å². The van der Waals surface area contributed by atoms with Gasteiger partial charge in [-0.3, -0.25) is 0 Å². The van der Waals surface area contributed by atoms with Crippen LogP contribution in [0, 0.1) is 5.92 Å². The Hall–Kier alpha value is -0.630. The number of nitrogens with one attached hydrogen (secondary N) is 1. The standard InChI is InChI=1S/C13H19BrN2O3S/c1-9(10-4-6-19-7-5-10)16-20(17,18)11-2-3-12(14)13(15)8-11/h2-3,8-10,16H,4-7,15H2,1H3. The molecule has 1 aromatic rings. The summed E-state index contributed by atoms with van der Waals surface area (Å²) in [5, 5.41) is 0. The van der Waals surface area contributed by atoms with Gasteiger partial charge in [-0.1, -0.05) is 0 Å². The van der Waals surface area contributed by atoms with Crippen LogP contribution in [0.2, 0.25) is 0 Å². The van der Waals surface area contributed by atoms with Crippen LogP contribution in [0.25, 0.3) is 0 Å². The number of nitrogens with two attached hydrogens (primary N) is 1. The van der Waals surface area contributed by atoms with Crippen molar-refractivity contribution in [1.82, 2.24) is 4.72 Å². The van der Waals surface area contributed by atoms with Crippen molar-refractivity contribution in [1.29, 1.82) is 0 Å². The summed E-state index contributed by atoms with van der Waals surface area (Å²) in [7, 11) is -3.54. The first-order valence-electron chi connectivity index (χ1n) is 6.55. The van der Waals surface area contributed by atoms with E-state index in [0.29, 0.717) is 29.3 Å². The Morgan fingerprint density at radius 1 is 1.40 bits per heavy atom. The molecule has 1 heterocycles. The first-order valence-corrected chi connectivity index (χ1v) is 8.83. The van der Waals surface area contributed by atoms with E-state index in [1.54, 1.807) is 12.1 Å². The van der Waals surface area contributed by atoms with Crippen LogP contribution in [0.5, 0.6) is 0 Å². The van der Waals surface area contributed by atoms with Crippen LogP contribution in [-0.2, 0) is 14.8 Å². The first-order chi connectivity index (χ1) is 9.40. The summed E-state index contributed by atoms with van der Waals surface area (Å²) in [5.74, 6) is 0.311. The van der Waals surface area contributed by atoms with Crippen LogP contribution in [-0.4, -0.2) is 27.7 Å². The van der Waals surface area contributed by atoms with Crippen molar-refractivity contribution in [2.75, 3.05) is 18.9 Å². The van der Waals surface area contributed by atoms with Gasteiger partial charge in [-0.25, -0.2) is 13.1 Å². The quantitative estimate of drug-likeness (QED) is 0.803. The summed E-state index contributed by atoms with van der Waals surface area (Å²) < 4.78 is 33.4. The number of nitrogen functional groups attached to an aromatic ring is 1. The second kappa shape index (κ2) is 6.43. The van der Waals surface area contributed by atoms with Crippen molar-refractivity contribution in [2.45, 2.75) is 30.7 Å². The van der Waals surface area contributed by atoms with Gasteiger partial charge in [0.2, 0.25) is 10.0 Å². The Morgan fingerprint density at radius 2 is 2.05 bits per heavy atom. The maximum Gasteiger partial charge on any atom is 0.240 e. The number of benzene rings is 1. The maximum atomic E-state index is 12.3. The third-order valence-electron chi connectivity index (χ3n) is 3.59. The van der Waals surface area contributed by atoms with Gasteiger partial charge in [0.05, 0.1) is 4.90 Å². The van der Waals surface area contributed by atoms with Crippen molar-refractivity contribution in [3.8, 4) is 0 Å². The Labute approximate surface area is 128 Å². The molecule has 112 valence electrons. The first kappa shape index (κ1) is 15.8. The number of anilines is 1. The van der Waals surface area contributed by atoms with Crippen molar-refractivity contribution in [2.24, 2.45) is 5.92 Å². The van der Waals surface area contributed by atoms with Gasteiger partial charge in [0, 0.05) is 29.4 Å². The van der Waals surface area contributed by atoms with Crippen LogP contribution < -0.4 is 10.5 Å². The number of ether oxygens (including phenoxy) is 1. The molecule has 0 aromatic heterocycles. The lowest BCUT2D eigenvalue weighted by Crippen LogP contribution is -2.40. The fraction of sp³-hybridized carbons (Fsp3) is 0.538. The highest BCUT2D eigenvalue weighted by Gasteiger charge is 2.25. The molecular formula is C13H19BrN2O3S. The topological polar surface area (TPSA) is 81.4 Å². The molecule has 0 bridgehead atoms. The largest absolute Gasteiger partial charge is 0.398 e. The Morgan fingerprint density at radius 3 is 2.65 bits per heavy atom. The molecule has 1 saturated heterocycles. The lowest BCUT2D eigenvalue weighted by atomic mass is 9.94. The number of halogens is 1. The highest BCUT2D eigenvalue weighted by Crippen LogP contribution is 2.24.